The Hall–Kier alpha value is -7.33. The van der Waals surface area contributed by atoms with Gasteiger partial charge in [-0.05, 0) is 118 Å². The Kier molecular flexibility index (Phi) is 13.1. The molecule has 0 radical (unpaired) electrons. The van der Waals surface area contributed by atoms with Crippen molar-refractivity contribution in [3.8, 4) is 55.6 Å². The smallest absolute Gasteiger partial charge is 0.335 e. The van der Waals surface area contributed by atoms with Crippen LogP contribution >= 0.6 is 23.5 Å². The first-order valence-corrected chi connectivity index (χ1v) is 26.6. The lowest BCUT2D eigenvalue weighted by atomic mass is 9.70. The summed E-state index contributed by atoms with van der Waals surface area (Å²) in [7, 11) is 0. The topological polar surface area (TPSA) is 92.1 Å². The molecule has 0 fully saturated rings. The van der Waals surface area contributed by atoms with Gasteiger partial charge in [0.15, 0.2) is 0 Å². The van der Waals surface area contributed by atoms with Crippen molar-refractivity contribution < 1.29 is 9.90 Å². The Morgan fingerprint density at radius 1 is 0.437 bits per heavy atom. The van der Waals surface area contributed by atoms with Gasteiger partial charge >= 0.3 is 5.97 Å². The Morgan fingerprint density at radius 3 is 1.21 bits per heavy atom. The molecular formula is C62H55N5O2S2. The van der Waals surface area contributed by atoms with Crippen LogP contribution in [0.3, 0.4) is 0 Å². The van der Waals surface area contributed by atoms with E-state index in [0.717, 1.165) is 104 Å². The number of carboxylic acids is 1. The number of benzene rings is 8. The molecule has 10 aromatic rings. The van der Waals surface area contributed by atoms with E-state index in [1.54, 1.807) is 12.1 Å². The van der Waals surface area contributed by atoms with Crippen LogP contribution in [0.25, 0.3) is 77.7 Å². The highest BCUT2D eigenvalue weighted by atomic mass is 32.1. The molecule has 1 N–H and O–H groups in total. The molecule has 0 amide bonds. The van der Waals surface area contributed by atoms with Crippen LogP contribution in [0.2, 0.25) is 0 Å². The van der Waals surface area contributed by atoms with E-state index in [1.165, 1.54) is 89.8 Å². The van der Waals surface area contributed by atoms with Crippen LogP contribution in [0.15, 0.2) is 170 Å². The van der Waals surface area contributed by atoms with E-state index < -0.39 is 5.97 Å². The highest BCUT2D eigenvalue weighted by molar-refractivity contribution is 7.00. The molecule has 11 rings (SSSR count). The predicted molar refractivity (Wildman–Crippen MR) is 296 cm³/mol. The third-order valence-corrected chi connectivity index (χ3v) is 15.7. The number of aromatic nitrogens is 4. The van der Waals surface area contributed by atoms with E-state index in [0.29, 0.717) is 0 Å². The van der Waals surface area contributed by atoms with Crippen molar-refractivity contribution in [2.45, 2.75) is 83.5 Å². The zero-order chi connectivity index (χ0) is 48.3. The predicted octanol–water partition coefficient (Wildman–Crippen LogP) is 17.7. The maximum atomic E-state index is 11.6. The standard InChI is InChI=1S/C62H55N5O2S2/c1-3-5-7-15-37-62(38-16-8-6-4-2)55-39-44(51-35-33-49(57-59(51)65-70-63-57)41-21-23-43(24-22-41)61(68)69)27-31-53(55)54-32-28-45(40-56(54)62)52-36-34-50(58-60(52)66-71-64-58)42-25-29-48(30-26-42)67(46-17-11-9-12-18-46)47-19-13-10-14-20-47/h9-14,17-36,39-40H,3-8,15-16,37-38H2,1-2H3,(H,68,69). The molecule has 1 aliphatic rings. The summed E-state index contributed by atoms with van der Waals surface area (Å²) >= 11 is 2.50. The van der Waals surface area contributed by atoms with Gasteiger partial charge < -0.3 is 10.0 Å². The number of rotatable bonds is 18. The maximum absolute atomic E-state index is 11.6. The van der Waals surface area contributed by atoms with Gasteiger partial charge in [-0.25, -0.2) is 4.79 Å². The number of carbonyl (C=O) groups is 1. The molecule has 71 heavy (non-hydrogen) atoms. The minimum atomic E-state index is -0.939. The Bertz CT molecular complexity index is 3440. The normalized spacial score (nSPS) is 12.6. The fraction of sp³-hybridized carbons (Fsp3) is 0.210. The van der Waals surface area contributed by atoms with Crippen LogP contribution < -0.4 is 4.90 Å². The lowest BCUT2D eigenvalue weighted by molar-refractivity contribution is 0.0697. The van der Waals surface area contributed by atoms with Crippen molar-refractivity contribution in [3.63, 3.8) is 0 Å². The van der Waals surface area contributed by atoms with Gasteiger partial charge in [0.05, 0.1) is 29.0 Å². The lowest BCUT2D eigenvalue weighted by Gasteiger charge is -2.33. The van der Waals surface area contributed by atoms with Crippen LogP contribution in [0, 0.1) is 0 Å². The fourth-order valence-electron chi connectivity index (χ4n) is 11.0. The zero-order valence-electron chi connectivity index (χ0n) is 40.1. The average molecular weight is 966 g/mol. The molecule has 0 aliphatic heterocycles. The van der Waals surface area contributed by atoms with Gasteiger partial charge in [-0.15, -0.1) is 0 Å². The van der Waals surface area contributed by atoms with E-state index >= 15 is 0 Å². The van der Waals surface area contributed by atoms with Gasteiger partial charge in [-0.2, -0.15) is 17.5 Å². The van der Waals surface area contributed by atoms with Crippen LogP contribution in [0.1, 0.15) is 99.5 Å². The van der Waals surface area contributed by atoms with Crippen molar-refractivity contribution in [1.82, 2.24) is 17.5 Å². The number of fused-ring (bicyclic) bond motifs is 5. The van der Waals surface area contributed by atoms with Gasteiger partial charge in [0.1, 0.15) is 22.1 Å². The molecule has 0 saturated carbocycles. The summed E-state index contributed by atoms with van der Waals surface area (Å²) in [6.45, 7) is 4.59. The van der Waals surface area contributed by atoms with Gasteiger partial charge in [-0.1, -0.05) is 174 Å². The molecule has 2 aromatic heterocycles. The highest BCUT2D eigenvalue weighted by Gasteiger charge is 2.43. The zero-order valence-corrected chi connectivity index (χ0v) is 41.8. The van der Waals surface area contributed by atoms with Crippen LogP contribution in [0.5, 0.6) is 0 Å². The SMILES string of the molecule is CCCCCCC1(CCCCCC)c2cc(-c3ccc(-c4ccc(C(=O)O)cc4)c4nsnc34)ccc2-c2ccc(-c3ccc(-c4ccc(N(c5ccccc5)c5ccccc5)cc4)c4nsnc34)cc21. The molecular weight excluding hydrogens is 911 g/mol. The lowest BCUT2D eigenvalue weighted by Crippen LogP contribution is -2.25. The Balaban J connectivity index is 0.980. The molecule has 7 nitrogen and oxygen atoms in total. The minimum absolute atomic E-state index is 0.169. The molecule has 0 saturated heterocycles. The van der Waals surface area contributed by atoms with Crippen molar-refractivity contribution in [3.05, 3.63) is 187 Å². The third kappa shape index (κ3) is 8.72. The first kappa shape index (κ1) is 46.1. The summed E-state index contributed by atoms with van der Waals surface area (Å²) in [5, 5.41) is 9.53. The second-order valence-electron chi connectivity index (χ2n) is 18.9. The van der Waals surface area contributed by atoms with E-state index in [1.807, 2.05) is 12.1 Å². The molecule has 0 atom stereocenters. The van der Waals surface area contributed by atoms with Crippen molar-refractivity contribution >= 4 is 68.6 Å². The number of hydrogen-bond donors (Lipinski definition) is 1. The van der Waals surface area contributed by atoms with Crippen LogP contribution in [0.4, 0.5) is 17.1 Å². The summed E-state index contributed by atoms with van der Waals surface area (Å²) in [5.74, 6) is -0.939. The fourth-order valence-corrected chi connectivity index (χ4v) is 12.2. The van der Waals surface area contributed by atoms with Gasteiger partial charge in [-0.3, -0.25) is 0 Å². The molecule has 0 unspecified atom stereocenters. The summed E-state index contributed by atoms with van der Waals surface area (Å²) in [5.41, 5.74) is 21.0. The average Bonchev–Trinajstić information content (AvgIpc) is 4.18. The van der Waals surface area contributed by atoms with Crippen molar-refractivity contribution in [1.29, 1.82) is 0 Å². The number of para-hydroxylation sites is 2. The van der Waals surface area contributed by atoms with Crippen LogP contribution in [-0.2, 0) is 5.41 Å². The Morgan fingerprint density at radius 2 is 0.803 bits per heavy atom. The summed E-state index contributed by atoms with van der Waals surface area (Å²) in [6.07, 6.45) is 11.8. The summed E-state index contributed by atoms with van der Waals surface area (Å²) in [6, 6.07) is 60.0. The quantitative estimate of drug-likeness (QED) is 0.0856. The number of aromatic carboxylic acids is 1. The maximum Gasteiger partial charge on any atom is 0.335 e. The number of anilines is 3. The molecule has 8 aromatic carbocycles. The van der Waals surface area contributed by atoms with E-state index in [9.17, 15) is 9.90 Å². The third-order valence-electron chi connectivity index (χ3n) is 14.6. The highest BCUT2D eigenvalue weighted by Crippen LogP contribution is 2.56. The molecule has 9 heteroatoms. The van der Waals surface area contributed by atoms with Gasteiger partial charge in [0.25, 0.3) is 0 Å². The van der Waals surface area contributed by atoms with Crippen LogP contribution in [-0.4, -0.2) is 28.6 Å². The van der Waals surface area contributed by atoms with E-state index in [-0.39, 0.29) is 11.0 Å². The summed E-state index contributed by atoms with van der Waals surface area (Å²) < 4.78 is 19.7. The monoisotopic (exact) mass is 965 g/mol. The second kappa shape index (κ2) is 20.2. The first-order valence-electron chi connectivity index (χ1n) is 25.1. The Labute approximate surface area is 424 Å². The van der Waals surface area contributed by atoms with Crippen molar-refractivity contribution in [2.24, 2.45) is 0 Å². The van der Waals surface area contributed by atoms with Gasteiger partial charge in [0, 0.05) is 44.7 Å². The number of hydrogen-bond acceptors (Lipinski definition) is 8. The first-order chi connectivity index (χ1) is 35.0. The number of nitrogens with zero attached hydrogens (tertiary/aromatic N) is 5. The minimum Gasteiger partial charge on any atom is -0.478 e. The van der Waals surface area contributed by atoms with E-state index in [4.69, 9.17) is 17.5 Å². The molecule has 352 valence electrons. The largest absolute Gasteiger partial charge is 0.478 e. The van der Waals surface area contributed by atoms with Gasteiger partial charge in [0.2, 0.25) is 0 Å². The molecule has 0 bridgehead atoms. The molecule has 2 heterocycles. The summed E-state index contributed by atoms with van der Waals surface area (Å²) in [4.78, 5) is 13.9. The van der Waals surface area contributed by atoms with Crippen molar-refractivity contribution in [2.75, 3.05) is 4.90 Å². The molecule has 1 aliphatic carbocycles. The number of unbranched alkanes of at least 4 members (excludes halogenated alkanes) is 6. The second-order valence-corrected chi connectivity index (χ2v) is 20.0. The molecule has 0 spiro atoms. The number of carboxylic acid groups (broad SMARTS) is 1. The van der Waals surface area contributed by atoms with E-state index in [2.05, 4.69) is 164 Å².